The minimum absolute atomic E-state index is 0.471. The molecule has 3 heteroatoms. The van der Waals surface area contributed by atoms with Crippen LogP contribution in [-0.2, 0) is 12.8 Å². The second kappa shape index (κ2) is 6.60. The van der Waals surface area contributed by atoms with Crippen LogP contribution >= 0.6 is 11.8 Å². The standard InChI is InChI=1S/C15H24N2S/c1-12(11-16)17(2)8-7-13-5-6-15-14(10-13)4-3-9-18-15/h5-6,10,12H,3-4,7-9,11,16H2,1-2H3. The fourth-order valence-electron chi connectivity index (χ4n) is 2.28. The Hall–Kier alpha value is -0.510. The van der Waals surface area contributed by atoms with Gasteiger partial charge in [-0.25, -0.2) is 0 Å². The Morgan fingerprint density at radius 1 is 1.44 bits per heavy atom. The Morgan fingerprint density at radius 2 is 2.28 bits per heavy atom. The lowest BCUT2D eigenvalue weighted by molar-refractivity contribution is 0.266. The van der Waals surface area contributed by atoms with Gasteiger partial charge in [0.2, 0.25) is 0 Å². The summed E-state index contributed by atoms with van der Waals surface area (Å²) in [5.74, 6) is 1.28. The van der Waals surface area contributed by atoms with Gasteiger partial charge >= 0.3 is 0 Å². The summed E-state index contributed by atoms with van der Waals surface area (Å²) >= 11 is 2.00. The number of nitrogens with two attached hydrogens (primary N) is 1. The van der Waals surface area contributed by atoms with E-state index in [1.807, 2.05) is 11.8 Å². The second-order valence-corrected chi connectivity index (χ2v) is 6.35. The summed E-state index contributed by atoms with van der Waals surface area (Å²) in [5.41, 5.74) is 8.71. The van der Waals surface area contributed by atoms with Crippen molar-refractivity contribution in [1.82, 2.24) is 4.90 Å². The van der Waals surface area contributed by atoms with Gasteiger partial charge in [-0.3, -0.25) is 0 Å². The predicted molar refractivity (Wildman–Crippen MR) is 80.3 cm³/mol. The molecule has 0 saturated carbocycles. The maximum Gasteiger partial charge on any atom is 0.0187 e. The number of nitrogens with zero attached hydrogens (tertiary/aromatic N) is 1. The van der Waals surface area contributed by atoms with Crippen LogP contribution in [0.25, 0.3) is 0 Å². The molecule has 1 unspecified atom stereocenters. The molecule has 1 aliphatic heterocycles. The summed E-state index contributed by atoms with van der Waals surface area (Å²) in [4.78, 5) is 3.84. The number of rotatable bonds is 5. The van der Waals surface area contributed by atoms with E-state index in [1.54, 1.807) is 5.56 Å². The first-order chi connectivity index (χ1) is 8.70. The first kappa shape index (κ1) is 13.9. The number of benzene rings is 1. The molecule has 0 amide bonds. The van der Waals surface area contributed by atoms with Crippen LogP contribution in [0.5, 0.6) is 0 Å². The van der Waals surface area contributed by atoms with Gasteiger partial charge < -0.3 is 10.6 Å². The van der Waals surface area contributed by atoms with Gasteiger partial charge in [-0.05, 0) is 56.2 Å². The third-order valence-electron chi connectivity index (χ3n) is 3.82. The number of hydrogen-bond donors (Lipinski definition) is 1. The fourth-order valence-corrected chi connectivity index (χ4v) is 3.29. The van der Waals surface area contributed by atoms with Gasteiger partial charge in [-0.15, -0.1) is 11.8 Å². The highest BCUT2D eigenvalue weighted by molar-refractivity contribution is 7.99. The van der Waals surface area contributed by atoms with Crippen LogP contribution in [0.4, 0.5) is 0 Å². The Labute approximate surface area is 115 Å². The Morgan fingerprint density at radius 3 is 3.06 bits per heavy atom. The number of aryl methyl sites for hydroxylation is 1. The zero-order valence-electron chi connectivity index (χ0n) is 11.5. The van der Waals surface area contributed by atoms with Crippen LogP contribution in [0.15, 0.2) is 23.1 Å². The molecule has 0 aliphatic carbocycles. The molecule has 1 aliphatic rings. The highest BCUT2D eigenvalue weighted by Crippen LogP contribution is 2.30. The van der Waals surface area contributed by atoms with E-state index in [9.17, 15) is 0 Å². The molecule has 0 aromatic heterocycles. The van der Waals surface area contributed by atoms with Crippen molar-refractivity contribution in [2.24, 2.45) is 5.73 Å². The van der Waals surface area contributed by atoms with Gasteiger partial charge in [0.15, 0.2) is 0 Å². The largest absolute Gasteiger partial charge is 0.329 e. The van der Waals surface area contributed by atoms with Crippen LogP contribution in [0, 0.1) is 0 Å². The van der Waals surface area contributed by atoms with E-state index < -0.39 is 0 Å². The van der Waals surface area contributed by atoms with Crippen molar-refractivity contribution in [3.05, 3.63) is 29.3 Å². The fraction of sp³-hybridized carbons (Fsp3) is 0.600. The van der Waals surface area contributed by atoms with Gasteiger partial charge in [0.1, 0.15) is 0 Å². The summed E-state index contributed by atoms with van der Waals surface area (Å²) in [6, 6.07) is 7.47. The van der Waals surface area contributed by atoms with Crippen molar-refractivity contribution in [3.8, 4) is 0 Å². The average molecular weight is 264 g/mol. The van der Waals surface area contributed by atoms with Gasteiger partial charge in [0.25, 0.3) is 0 Å². The van der Waals surface area contributed by atoms with E-state index in [2.05, 4.69) is 37.1 Å². The molecule has 2 nitrogen and oxygen atoms in total. The summed E-state index contributed by atoms with van der Waals surface area (Å²) in [5, 5.41) is 0. The zero-order chi connectivity index (χ0) is 13.0. The number of fused-ring (bicyclic) bond motifs is 1. The zero-order valence-corrected chi connectivity index (χ0v) is 12.3. The van der Waals surface area contributed by atoms with Gasteiger partial charge in [-0.1, -0.05) is 12.1 Å². The SMILES string of the molecule is CC(CN)N(C)CCc1ccc2c(c1)CCCS2. The van der Waals surface area contributed by atoms with Crippen molar-refractivity contribution in [3.63, 3.8) is 0 Å². The molecular formula is C15H24N2S. The van der Waals surface area contributed by atoms with Crippen LogP contribution in [0.1, 0.15) is 24.5 Å². The number of hydrogen-bond acceptors (Lipinski definition) is 3. The molecule has 0 bridgehead atoms. The molecule has 2 N–H and O–H groups in total. The molecule has 0 saturated heterocycles. The maximum absolute atomic E-state index is 5.69. The van der Waals surface area contributed by atoms with Crippen molar-refractivity contribution in [2.75, 3.05) is 25.9 Å². The minimum atomic E-state index is 0.471. The predicted octanol–water partition coefficient (Wildman–Crippen LogP) is 2.55. The van der Waals surface area contributed by atoms with Gasteiger partial charge in [-0.2, -0.15) is 0 Å². The lowest BCUT2D eigenvalue weighted by Crippen LogP contribution is -2.36. The van der Waals surface area contributed by atoms with E-state index in [0.29, 0.717) is 6.04 Å². The molecule has 0 spiro atoms. The maximum atomic E-state index is 5.69. The van der Waals surface area contributed by atoms with E-state index in [1.165, 1.54) is 29.1 Å². The van der Waals surface area contributed by atoms with Crippen molar-refractivity contribution >= 4 is 11.8 Å². The van der Waals surface area contributed by atoms with Crippen molar-refractivity contribution in [2.45, 2.75) is 37.1 Å². The first-order valence-corrected chi connectivity index (χ1v) is 7.84. The topological polar surface area (TPSA) is 29.3 Å². The van der Waals surface area contributed by atoms with Gasteiger partial charge in [0, 0.05) is 24.0 Å². The molecule has 1 aromatic rings. The summed E-state index contributed by atoms with van der Waals surface area (Å²) in [7, 11) is 2.16. The van der Waals surface area contributed by atoms with E-state index in [0.717, 1.165) is 19.5 Å². The van der Waals surface area contributed by atoms with Crippen LogP contribution in [-0.4, -0.2) is 36.8 Å². The summed E-state index contributed by atoms with van der Waals surface area (Å²) in [6.45, 7) is 4.01. The molecule has 100 valence electrons. The third-order valence-corrected chi connectivity index (χ3v) is 5.02. The van der Waals surface area contributed by atoms with Crippen LogP contribution in [0.2, 0.25) is 0 Å². The molecule has 2 rings (SSSR count). The molecule has 1 aromatic carbocycles. The molecule has 18 heavy (non-hydrogen) atoms. The van der Waals surface area contributed by atoms with Gasteiger partial charge in [0.05, 0.1) is 0 Å². The third kappa shape index (κ3) is 3.50. The average Bonchev–Trinajstić information content (AvgIpc) is 2.43. The summed E-state index contributed by atoms with van der Waals surface area (Å²) < 4.78 is 0. The van der Waals surface area contributed by atoms with Crippen LogP contribution < -0.4 is 5.73 Å². The number of thioether (sulfide) groups is 1. The lowest BCUT2D eigenvalue weighted by Gasteiger charge is -2.23. The van der Waals surface area contributed by atoms with Crippen molar-refractivity contribution in [1.29, 1.82) is 0 Å². The normalized spacial score (nSPS) is 16.7. The van der Waals surface area contributed by atoms with E-state index >= 15 is 0 Å². The Balaban J connectivity index is 1.94. The van der Waals surface area contributed by atoms with E-state index in [-0.39, 0.29) is 0 Å². The quantitative estimate of drug-likeness (QED) is 0.886. The molecule has 1 heterocycles. The highest BCUT2D eigenvalue weighted by Gasteiger charge is 2.11. The number of likely N-dealkylation sites (N-methyl/N-ethyl adjacent to an activating group) is 1. The Bertz CT molecular complexity index is 392. The smallest absolute Gasteiger partial charge is 0.0187 e. The molecule has 0 radical (unpaired) electrons. The molecule has 1 atom stereocenters. The molecule has 0 fully saturated rings. The summed E-state index contributed by atoms with van der Waals surface area (Å²) in [6.07, 6.45) is 3.70. The monoisotopic (exact) mass is 264 g/mol. The highest BCUT2D eigenvalue weighted by atomic mass is 32.2. The van der Waals surface area contributed by atoms with Crippen molar-refractivity contribution < 1.29 is 0 Å². The first-order valence-electron chi connectivity index (χ1n) is 6.85. The molecular weight excluding hydrogens is 240 g/mol. The van der Waals surface area contributed by atoms with Crippen LogP contribution in [0.3, 0.4) is 0 Å². The van der Waals surface area contributed by atoms with E-state index in [4.69, 9.17) is 5.73 Å². The minimum Gasteiger partial charge on any atom is -0.329 e. The lowest BCUT2D eigenvalue weighted by atomic mass is 10.0. The Kier molecular flexibility index (Phi) is 5.10. The second-order valence-electron chi connectivity index (χ2n) is 5.21.